The minimum atomic E-state index is -0.0904. The lowest BCUT2D eigenvalue weighted by Crippen LogP contribution is -2.37. The van der Waals surface area contributed by atoms with Crippen molar-refractivity contribution in [1.82, 2.24) is 19.4 Å². The summed E-state index contributed by atoms with van der Waals surface area (Å²) in [5, 5.41) is 0.918. The van der Waals surface area contributed by atoms with Crippen LogP contribution in [0, 0.1) is 0 Å². The fourth-order valence-electron chi connectivity index (χ4n) is 3.59. The second-order valence-electron chi connectivity index (χ2n) is 7.02. The molecule has 1 aliphatic carbocycles. The standard InChI is InChI=1S/C20H18N4O2/c25-18-10-14-7-9-23(11-15(14)12-24(18)16-4-5-16)20(26)17-6-3-13-2-1-8-21-19(13)22-17/h1-3,6,8,10,12,16H,4-5,7,9,11H2. The summed E-state index contributed by atoms with van der Waals surface area (Å²) < 4.78 is 1.82. The summed E-state index contributed by atoms with van der Waals surface area (Å²) in [5.41, 5.74) is 3.20. The Labute approximate surface area is 150 Å². The van der Waals surface area contributed by atoms with Gasteiger partial charge in [0.05, 0.1) is 0 Å². The molecule has 0 radical (unpaired) electrons. The lowest BCUT2D eigenvalue weighted by atomic mass is 10.0. The predicted octanol–water partition coefficient (Wildman–Crippen LogP) is 2.32. The number of carbonyl (C=O) groups is 1. The number of pyridine rings is 3. The van der Waals surface area contributed by atoms with E-state index >= 15 is 0 Å². The van der Waals surface area contributed by atoms with E-state index in [-0.39, 0.29) is 11.5 Å². The van der Waals surface area contributed by atoms with Crippen molar-refractivity contribution in [3.8, 4) is 0 Å². The molecule has 6 heteroatoms. The number of fused-ring (bicyclic) bond motifs is 2. The van der Waals surface area contributed by atoms with Crippen LogP contribution in [0.1, 0.15) is 40.5 Å². The number of hydrogen-bond donors (Lipinski definition) is 0. The Kier molecular flexibility index (Phi) is 3.38. The Morgan fingerprint density at radius 3 is 2.88 bits per heavy atom. The van der Waals surface area contributed by atoms with Gasteiger partial charge in [-0.15, -0.1) is 0 Å². The normalized spacial score (nSPS) is 16.5. The summed E-state index contributed by atoms with van der Waals surface area (Å²) in [5.74, 6) is -0.0904. The highest BCUT2D eigenvalue weighted by Crippen LogP contribution is 2.34. The third kappa shape index (κ3) is 2.58. The van der Waals surface area contributed by atoms with Crippen LogP contribution in [0.25, 0.3) is 11.0 Å². The highest BCUT2D eigenvalue weighted by molar-refractivity contribution is 5.94. The van der Waals surface area contributed by atoms with Gasteiger partial charge in [0.25, 0.3) is 11.5 Å². The monoisotopic (exact) mass is 346 g/mol. The fourth-order valence-corrected chi connectivity index (χ4v) is 3.59. The summed E-state index contributed by atoms with van der Waals surface area (Å²) in [6.45, 7) is 1.11. The molecule has 1 amide bonds. The molecule has 2 aliphatic rings. The predicted molar refractivity (Wildman–Crippen MR) is 97.0 cm³/mol. The Bertz CT molecular complexity index is 1080. The first-order chi connectivity index (χ1) is 12.7. The van der Waals surface area contributed by atoms with Crippen LogP contribution in [0.2, 0.25) is 0 Å². The third-order valence-electron chi connectivity index (χ3n) is 5.18. The maximum Gasteiger partial charge on any atom is 0.272 e. The highest BCUT2D eigenvalue weighted by Gasteiger charge is 2.28. The van der Waals surface area contributed by atoms with E-state index in [9.17, 15) is 9.59 Å². The molecule has 5 rings (SSSR count). The van der Waals surface area contributed by atoms with E-state index in [4.69, 9.17) is 0 Å². The zero-order valence-electron chi connectivity index (χ0n) is 14.3. The molecular weight excluding hydrogens is 328 g/mol. The largest absolute Gasteiger partial charge is 0.333 e. The first-order valence-electron chi connectivity index (χ1n) is 8.94. The molecule has 3 aromatic heterocycles. The molecule has 0 N–H and O–H groups in total. The Balaban J connectivity index is 1.45. The van der Waals surface area contributed by atoms with Crippen molar-refractivity contribution in [2.45, 2.75) is 31.8 Å². The summed E-state index contributed by atoms with van der Waals surface area (Å²) in [7, 11) is 0. The van der Waals surface area contributed by atoms with E-state index in [1.54, 1.807) is 23.2 Å². The molecule has 3 aromatic rings. The molecular formula is C20H18N4O2. The summed E-state index contributed by atoms with van der Waals surface area (Å²) in [6, 6.07) is 9.50. The van der Waals surface area contributed by atoms with E-state index < -0.39 is 0 Å². The molecule has 0 spiro atoms. The van der Waals surface area contributed by atoms with Gasteiger partial charge in [-0.2, -0.15) is 0 Å². The van der Waals surface area contributed by atoms with Crippen LogP contribution in [0.5, 0.6) is 0 Å². The van der Waals surface area contributed by atoms with Gasteiger partial charge in [-0.1, -0.05) is 0 Å². The van der Waals surface area contributed by atoms with Crippen molar-refractivity contribution in [3.05, 3.63) is 69.9 Å². The van der Waals surface area contributed by atoms with Crippen LogP contribution in [0.15, 0.2) is 47.5 Å². The van der Waals surface area contributed by atoms with Crippen molar-refractivity contribution in [2.75, 3.05) is 6.54 Å². The van der Waals surface area contributed by atoms with E-state index in [1.165, 1.54) is 0 Å². The van der Waals surface area contributed by atoms with Crippen LogP contribution in [-0.4, -0.2) is 31.9 Å². The quantitative estimate of drug-likeness (QED) is 0.714. The molecule has 1 aliphatic heterocycles. The van der Waals surface area contributed by atoms with Gasteiger partial charge >= 0.3 is 0 Å². The maximum absolute atomic E-state index is 12.9. The first kappa shape index (κ1) is 15.3. The van der Waals surface area contributed by atoms with Gasteiger partial charge in [0.15, 0.2) is 5.65 Å². The number of carbonyl (C=O) groups excluding carboxylic acids is 1. The van der Waals surface area contributed by atoms with Gasteiger partial charge < -0.3 is 9.47 Å². The van der Waals surface area contributed by atoms with E-state index in [0.29, 0.717) is 36.9 Å². The van der Waals surface area contributed by atoms with Crippen LogP contribution in [-0.2, 0) is 13.0 Å². The van der Waals surface area contributed by atoms with Gasteiger partial charge in [-0.3, -0.25) is 9.59 Å². The summed E-state index contributed by atoms with van der Waals surface area (Å²) >= 11 is 0. The third-order valence-corrected chi connectivity index (χ3v) is 5.18. The second-order valence-corrected chi connectivity index (χ2v) is 7.02. The molecule has 0 bridgehead atoms. The van der Waals surface area contributed by atoms with Crippen LogP contribution in [0.4, 0.5) is 0 Å². The number of nitrogens with zero attached hydrogens (tertiary/aromatic N) is 4. The van der Waals surface area contributed by atoms with Crippen molar-refractivity contribution in [2.24, 2.45) is 0 Å². The van der Waals surface area contributed by atoms with Crippen LogP contribution >= 0.6 is 0 Å². The Morgan fingerprint density at radius 2 is 2.04 bits per heavy atom. The van der Waals surface area contributed by atoms with Crippen LogP contribution < -0.4 is 5.56 Å². The average Bonchev–Trinajstić information content (AvgIpc) is 3.51. The molecule has 130 valence electrons. The first-order valence-corrected chi connectivity index (χ1v) is 8.94. The zero-order valence-corrected chi connectivity index (χ0v) is 14.3. The highest BCUT2D eigenvalue weighted by atomic mass is 16.2. The molecule has 6 nitrogen and oxygen atoms in total. The number of amides is 1. The second kappa shape index (κ2) is 5.76. The van der Waals surface area contributed by atoms with Gasteiger partial charge in [0.1, 0.15) is 5.69 Å². The maximum atomic E-state index is 12.9. The molecule has 0 saturated heterocycles. The summed E-state index contributed by atoms with van der Waals surface area (Å²) in [6.07, 6.45) is 6.46. The zero-order chi connectivity index (χ0) is 17.7. The van der Waals surface area contributed by atoms with Gasteiger partial charge in [-0.05, 0) is 54.7 Å². The van der Waals surface area contributed by atoms with Gasteiger partial charge in [0.2, 0.25) is 0 Å². The molecule has 0 aromatic carbocycles. The van der Waals surface area contributed by atoms with Crippen molar-refractivity contribution in [3.63, 3.8) is 0 Å². The molecule has 1 fully saturated rings. The molecule has 26 heavy (non-hydrogen) atoms. The Hall–Kier alpha value is -3.02. The lowest BCUT2D eigenvalue weighted by Gasteiger charge is -2.29. The number of hydrogen-bond acceptors (Lipinski definition) is 4. The van der Waals surface area contributed by atoms with Gasteiger partial charge in [0, 0.05) is 43.0 Å². The SMILES string of the molecule is O=C(c1ccc2cccnc2n1)N1CCc2cc(=O)n(C3CC3)cc2C1. The molecule has 0 unspecified atom stereocenters. The van der Waals surface area contributed by atoms with Crippen molar-refractivity contribution < 1.29 is 4.79 Å². The topological polar surface area (TPSA) is 68.1 Å². The van der Waals surface area contributed by atoms with E-state index in [1.807, 2.05) is 29.0 Å². The average molecular weight is 346 g/mol. The van der Waals surface area contributed by atoms with E-state index in [0.717, 1.165) is 29.4 Å². The number of rotatable bonds is 2. The molecule has 1 saturated carbocycles. The van der Waals surface area contributed by atoms with Crippen molar-refractivity contribution in [1.29, 1.82) is 0 Å². The lowest BCUT2D eigenvalue weighted by molar-refractivity contribution is 0.0728. The summed E-state index contributed by atoms with van der Waals surface area (Å²) in [4.78, 5) is 35.6. The minimum absolute atomic E-state index is 0.0771. The van der Waals surface area contributed by atoms with Crippen molar-refractivity contribution >= 4 is 16.9 Å². The van der Waals surface area contributed by atoms with E-state index in [2.05, 4.69) is 9.97 Å². The van der Waals surface area contributed by atoms with Gasteiger partial charge in [-0.25, -0.2) is 9.97 Å². The smallest absolute Gasteiger partial charge is 0.272 e. The Morgan fingerprint density at radius 1 is 1.15 bits per heavy atom. The molecule has 0 atom stereocenters. The minimum Gasteiger partial charge on any atom is -0.333 e. The molecule has 4 heterocycles. The number of aromatic nitrogens is 3. The van der Waals surface area contributed by atoms with Crippen LogP contribution in [0.3, 0.4) is 0 Å². The fraction of sp³-hybridized carbons (Fsp3) is 0.300.